The Morgan fingerprint density at radius 2 is 1.82 bits per heavy atom. The molecule has 5 rings (SSSR count). The highest BCUT2D eigenvalue weighted by Crippen LogP contribution is 2.35. The lowest BCUT2D eigenvalue weighted by atomic mass is 10.2. The highest BCUT2D eigenvalue weighted by molar-refractivity contribution is 7.92. The largest absolute Gasteiger partial charge is 0.488 e. The fourth-order valence-corrected chi connectivity index (χ4v) is 6.07. The molecule has 0 radical (unpaired) electrons. The number of amides is 2. The molecular weight excluding hydrogens is 575 g/mol. The van der Waals surface area contributed by atoms with Gasteiger partial charge in [0.25, 0.3) is 15.9 Å². The third-order valence-electron chi connectivity index (χ3n) is 5.65. The Morgan fingerprint density at radius 1 is 1.11 bits per heavy atom. The van der Waals surface area contributed by atoms with Gasteiger partial charge < -0.3 is 15.4 Å². The predicted molar refractivity (Wildman–Crippen MR) is 147 cm³/mol. The first-order valence-corrected chi connectivity index (χ1v) is 14.1. The van der Waals surface area contributed by atoms with Crippen molar-refractivity contribution in [1.29, 1.82) is 0 Å². The van der Waals surface area contributed by atoms with E-state index in [4.69, 9.17) is 39.5 Å². The predicted octanol–water partition coefficient (Wildman–Crippen LogP) is 5.17. The minimum Gasteiger partial charge on any atom is -0.488 e. The Morgan fingerprint density at radius 3 is 2.42 bits per heavy atom. The van der Waals surface area contributed by atoms with Gasteiger partial charge in [0.2, 0.25) is 5.91 Å². The van der Waals surface area contributed by atoms with Crippen molar-refractivity contribution >= 4 is 68.3 Å². The third-order valence-corrected chi connectivity index (χ3v) is 8.31. The molecule has 1 fully saturated rings. The van der Waals surface area contributed by atoms with Crippen molar-refractivity contribution < 1.29 is 22.7 Å². The van der Waals surface area contributed by atoms with E-state index in [1.165, 1.54) is 36.4 Å². The van der Waals surface area contributed by atoms with E-state index in [9.17, 15) is 18.0 Å². The van der Waals surface area contributed by atoms with Crippen molar-refractivity contribution in [2.45, 2.75) is 30.7 Å². The molecule has 2 N–H and O–H groups in total. The maximum atomic E-state index is 13.2. The van der Waals surface area contributed by atoms with Crippen LogP contribution >= 0.6 is 34.8 Å². The summed E-state index contributed by atoms with van der Waals surface area (Å²) < 4.78 is 33.1. The molecule has 1 unspecified atom stereocenters. The maximum Gasteiger partial charge on any atom is 0.265 e. The molecule has 0 saturated carbocycles. The number of nitrogens with zero attached hydrogens (tertiary/aromatic N) is 2. The zero-order valence-electron chi connectivity index (χ0n) is 20.1. The fourth-order valence-electron chi connectivity index (χ4n) is 3.79. The molecule has 0 aliphatic carbocycles. The van der Waals surface area contributed by atoms with Gasteiger partial charge in [-0.25, -0.2) is 17.7 Å². The molecule has 2 aromatic carbocycles. The van der Waals surface area contributed by atoms with Gasteiger partial charge in [0, 0.05) is 17.5 Å². The van der Waals surface area contributed by atoms with Gasteiger partial charge in [0.1, 0.15) is 12.4 Å². The number of hydrogen-bond acceptors (Lipinski definition) is 6. The Kier molecular flexibility index (Phi) is 8.67. The molecule has 1 aromatic heterocycles. The van der Waals surface area contributed by atoms with Crippen LogP contribution < -0.4 is 19.7 Å². The molecule has 200 valence electrons. The first-order valence-electron chi connectivity index (χ1n) is 11.5. The van der Waals surface area contributed by atoms with Gasteiger partial charge in [-0.2, -0.15) is 0 Å². The van der Waals surface area contributed by atoms with E-state index in [-0.39, 0.29) is 56.9 Å². The van der Waals surface area contributed by atoms with Crippen LogP contribution in [0.25, 0.3) is 0 Å². The molecule has 1 saturated heterocycles. The summed E-state index contributed by atoms with van der Waals surface area (Å²) in [6.45, 7) is 2.21. The molecule has 1 atom stereocenters. The molecular formula is C25H23Cl3N4O5S. The minimum atomic E-state index is -3.96. The summed E-state index contributed by atoms with van der Waals surface area (Å²) in [6.07, 6.45) is 1.74. The zero-order chi connectivity index (χ0) is 27.4. The Labute approximate surface area is 235 Å². The zero-order valence-corrected chi connectivity index (χ0v) is 23.2. The van der Waals surface area contributed by atoms with Crippen LogP contribution in [-0.2, 0) is 14.8 Å². The number of fused-ring (bicyclic) bond motifs is 1. The van der Waals surface area contributed by atoms with E-state index in [1.54, 1.807) is 18.2 Å². The standard InChI is InChI=1S/C20H14Cl3N3O4S.C5H9NO/c21-12-3-1-4-13(11-12)31(28,29)26-9-10-30-16-7-8-17(24-19(16)26)25-20(27)18-14(22)5-2-6-15(18)23;1-4-2-3-5(7)6-4/h1-8,11H,9-10H2,(H,24,25,27);4H,2-3H2,1H3,(H,6,7). The van der Waals surface area contributed by atoms with Crippen molar-refractivity contribution in [2.24, 2.45) is 0 Å². The number of carbonyl (C=O) groups is 2. The second kappa shape index (κ2) is 11.8. The number of aromatic nitrogens is 1. The number of benzene rings is 2. The van der Waals surface area contributed by atoms with Gasteiger partial charge >= 0.3 is 0 Å². The van der Waals surface area contributed by atoms with Gasteiger partial charge in [-0.05, 0) is 55.8 Å². The number of pyridine rings is 1. The molecule has 2 aliphatic heterocycles. The topological polar surface area (TPSA) is 118 Å². The number of ether oxygens (including phenoxy) is 1. The lowest BCUT2D eigenvalue weighted by Crippen LogP contribution is -2.38. The number of anilines is 2. The van der Waals surface area contributed by atoms with Crippen LogP contribution in [0.2, 0.25) is 15.1 Å². The van der Waals surface area contributed by atoms with Crippen molar-refractivity contribution in [3.8, 4) is 5.75 Å². The van der Waals surface area contributed by atoms with Gasteiger partial charge in [-0.3, -0.25) is 9.59 Å². The van der Waals surface area contributed by atoms with E-state index >= 15 is 0 Å². The fraction of sp³-hybridized carbons (Fsp3) is 0.240. The second-order valence-corrected chi connectivity index (χ2v) is 11.6. The summed E-state index contributed by atoms with van der Waals surface area (Å²) in [5.74, 6) is 0.0490. The Hall–Kier alpha value is -3.05. The van der Waals surface area contributed by atoms with Gasteiger partial charge in [-0.15, -0.1) is 0 Å². The average molecular weight is 598 g/mol. The van der Waals surface area contributed by atoms with Crippen LogP contribution in [-0.4, -0.2) is 44.4 Å². The number of hydrogen-bond donors (Lipinski definition) is 2. The third kappa shape index (κ3) is 6.32. The SMILES string of the molecule is CC1CCC(=O)N1.O=C(Nc1ccc2c(n1)N(S(=O)(=O)c1cccc(Cl)c1)CCO2)c1c(Cl)cccc1Cl. The van der Waals surface area contributed by atoms with E-state index in [1.807, 2.05) is 6.92 Å². The van der Waals surface area contributed by atoms with E-state index in [2.05, 4.69) is 15.6 Å². The van der Waals surface area contributed by atoms with Crippen molar-refractivity contribution in [3.63, 3.8) is 0 Å². The average Bonchev–Trinajstić information content (AvgIpc) is 3.26. The molecule has 0 spiro atoms. The van der Waals surface area contributed by atoms with Crippen molar-refractivity contribution in [1.82, 2.24) is 10.3 Å². The van der Waals surface area contributed by atoms with E-state index in [0.29, 0.717) is 11.1 Å². The molecule has 2 aliphatic rings. The first-order chi connectivity index (χ1) is 18.1. The van der Waals surface area contributed by atoms with Crippen molar-refractivity contribution in [3.05, 3.63) is 75.2 Å². The molecule has 9 nitrogen and oxygen atoms in total. The minimum absolute atomic E-state index is 0.0203. The molecule has 2 amide bonds. The molecule has 3 heterocycles. The molecule has 0 bridgehead atoms. The quantitative estimate of drug-likeness (QED) is 0.429. The lowest BCUT2D eigenvalue weighted by molar-refractivity contribution is -0.119. The van der Waals surface area contributed by atoms with Crippen LogP contribution in [0.1, 0.15) is 30.1 Å². The normalized spacial score (nSPS) is 16.5. The van der Waals surface area contributed by atoms with Gasteiger partial charge in [0.15, 0.2) is 11.6 Å². The Bertz CT molecular complexity index is 1470. The van der Waals surface area contributed by atoms with Crippen LogP contribution in [0.3, 0.4) is 0 Å². The number of rotatable bonds is 4. The van der Waals surface area contributed by atoms with E-state index < -0.39 is 15.9 Å². The van der Waals surface area contributed by atoms with Crippen LogP contribution in [0, 0.1) is 0 Å². The molecule has 3 aromatic rings. The maximum absolute atomic E-state index is 13.2. The number of halogens is 3. The van der Waals surface area contributed by atoms with E-state index in [0.717, 1.165) is 17.1 Å². The lowest BCUT2D eigenvalue weighted by Gasteiger charge is -2.29. The van der Waals surface area contributed by atoms with Crippen LogP contribution in [0.5, 0.6) is 5.75 Å². The highest BCUT2D eigenvalue weighted by Gasteiger charge is 2.32. The number of carbonyl (C=O) groups excluding carboxylic acids is 2. The van der Waals surface area contributed by atoms with Gasteiger partial charge in [0.05, 0.1) is 27.0 Å². The van der Waals surface area contributed by atoms with Crippen LogP contribution in [0.15, 0.2) is 59.5 Å². The van der Waals surface area contributed by atoms with Crippen molar-refractivity contribution in [2.75, 3.05) is 22.8 Å². The highest BCUT2D eigenvalue weighted by atomic mass is 35.5. The Balaban J connectivity index is 0.000000417. The summed E-state index contributed by atoms with van der Waals surface area (Å²) in [4.78, 5) is 27.3. The summed E-state index contributed by atoms with van der Waals surface area (Å²) in [6, 6.07) is 14.1. The first kappa shape index (κ1) is 28.0. The summed E-state index contributed by atoms with van der Waals surface area (Å²) in [5, 5.41) is 6.02. The number of sulfonamides is 1. The summed E-state index contributed by atoms with van der Waals surface area (Å²) >= 11 is 18.1. The summed E-state index contributed by atoms with van der Waals surface area (Å²) in [7, 11) is -3.96. The number of nitrogens with one attached hydrogen (secondary N) is 2. The monoisotopic (exact) mass is 596 g/mol. The summed E-state index contributed by atoms with van der Waals surface area (Å²) in [5.41, 5.74) is 0.0880. The van der Waals surface area contributed by atoms with Crippen LogP contribution in [0.4, 0.5) is 11.6 Å². The molecule has 38 heavy (non-hydrogen) atoms. The molecule has 13 heteroatoms. The smallest absolute Gasteiger partial charge is 0.265 e. The second-order valence-electron chi connectivity index (χ2n) is 8.46. The van der Waals surface area contributed by atoms with Gasteiger partial charge in [-0.1, -0.05) is 46.9 Å².